The summed E-state index contributed by atoms with van der Waals surface area (Å²) >= 11 is 0. The average molecular weight is 241 g/mol. The minimum absolute atomic E-state index is 0.0944. The molecule has 2 rings (SSSR count). The number of hydrogen-bond acceptors (Lipinski definition) is 2. The Hall–Kier alpha value is -2.29. The van der Waals surface area contributed by atoms with Crippen LogP contribution in [0.25, 0.3) is 0 Å². The third-order valence-electron chi connectivity index (χ3n) is 2.70. The molecular weight excluding hydrogens is 226 g/mol. The Morgan fingerprint density at radius 3 is 2.28 bits per heavy atom. The van der Waals surface area contributed by atoms with Crippen molar-refractivity contribution in [2.45, 2.75) is 13.5 Å². The van der Waals surface area contributed by atoms with Gasteiger partial charge in [0.25, 0.3) is 5.91 Å². The highest BCUT2D eigenvalue weighted by Crippen LogP contribution is 2.09. The quantitative estimate of drug-likeness (QED) is 0.867. The summed E-state index contributed by atoms with van der Waals surface area (Å²) in [5.74, 6) is 0.131. The van der Waals surface area contributed by atoms with Crippen LogP contribution >= 0.6 is 0 Å². The summed E-state index contributed by atoms with van der Waals surface area (Å²) in [7, 11) is 0. The van der Waals surface area contributed by atoms with E-state index in [0.717, 1.165) is 11.1 Å². The van der Waals surface area contributed by atoms with Gasteiger partial charge in [-0.1, -0.05) is 29.8 Å². The van der Waals surface area contributed by atoms with E-state index in [1.165, 1.54) is 0 Å². The number of benzene rings is 2. The molecule has 0 bridgehead atoms. The fourth-order valence-corrected chi connectivity index (χ4v) is 1.60. The standard InChI is InChI=1S/C15H15NO2/c1-11-2-6-13(7-3-11)15(18)16-10-12-4-8-14(17)9-5-12/h2-9,17H,10H2,1H3,(H,16,18). The van der Waals surface area contributed by atoms with Crippen LogP contribution in [0.1, 0.15) is 21.5 Å². The SMILES string of the molecule is Cc1ccc(C(=O)NCc2ccc(O)cc2)cc1. The molecular formula is C15H15NO2. The molecule has 3 heteroatoms. The summed E-state index contributed by atoms with van der Waals surface area (Å²) in [5.41, 5.74) is 2.73. The molecule has 0 saturated heterocycles. The zero-order valence-electron chi connectivity index (χ0n) is 10.2. The summed E-state index contributed by atoms with van der Waals surface area (Å²) in [4.78, 5) is 11.8. The number of hydrogen-bond donors (Lipinski definition) is 2. The Morgan fingerprint density at radius 1 is 1.06 bits per heavy atom. The fraction of sp³-hybridized carbons (Fsp3) is 0.133. The van der Waals surface area contributed by atoms with Crippen molar-refractivity contribution in [1.29, 1.82) is 0 Å². The minimum atomic E-state index is -0.0944. The summed E-state index contributed by atoms with van der Waals surface area (Å²) in [6.07, 6.45) is 0. The van der Waals surface area contributed by atoms with E-state index in [4.69, 9.17) is 5.11 Å². The number of nitrogens with one attached hydrogen (secondary N) is 1. The fourth-order valence-electron chi connectivity index (χ4n) is 1.60. The van der Waals surface area contributed by atoms with Gasteiger partial charge in [0.15, 0.2) is 0 Å². The monoisotopic (exact) mass is 241 g/mol. The third-order valence-corrected chi connectivity index (χ3v) is 2.70. The number of phenolic OH excluding ortho intramolecular Hbond substituents is 1. The van der Waals surface area contributed by atoms with E-state index in [9.17, 15) is 4.79 Å². The molecule has 0 aliphatic rings. The second-order valence-corrected chi connectivity index (χ2v) is 4.22. The molecule has 0 aliphatic carbocycles. The van der Waals surface area contributed by atoms with E-state index in [1.807, 2.05) is 31.2 Å². The Labute approximate surface area is 106 Å². The molecule has 0 fully saturated rings. The van der Waals surface area contributed by atoms with E-state index < -0.39 is 0 Å². The van der Waals surface area contributed by atoms with Crippen molar-refractivity contribution < 1.29 is 9.90 Å². The van der Waals surface area contributed by atoms with Gasteiger partial charge in [0.1, 0.15) is 5.75 Å². The zero-order valence-corrected chi connectivity index (χ0v) is 10.2. The first-order valence-corrected chi connectivity index (χ1v) is 5.78. The van der Waals surface area contributed by atoms with Gasteiger partial charge in [-0.25, -0.2) is 0 Å². The van der Waals surface area contributed by atoms with Gasteiger partial charge in [-0.05, 0) is 36.8 Å². The van der Waals surface area contributed by atoms with Crippen LogP contribution in [0.2, 0.25) is 0 Å². The lowest BCUT2D eigenvalue weighted by molar-refractivity contribution is 0.0951. The Bertz CT molecular complexity index is 529. The first kappa shape index (κ1) is 12.2. The van der Waals surface area contributed by atoms with Crippen molar-refractivity contribution in [3.8, 4) is 5.75 Å². The number of phenols is 1. The van der Waals surface area contributed by atoms with E-state index >= 15 is 0 Å². The predicted octanol–water partition coefficient (Wildman–Crippen LogP) is 2.63. The maximum Gasteiger partial charge on any atom is 0.251 e. The highest BCUT2D eigenvalue weighted by atomic mass is 16.3. The third kappa shape index (κ3) is 3.10. The molecule has 92 valence electrons. The van der Waals surface area contributed by atoms with Gasteiger partial charge in [-0.2, -0.15) is 0 Å². The molecule has 3 nitrogen and oxygen atoms in total. The van der Waals surface area contributed by atoms with Crippen molar-refractivity contribution >= 4 is 5.91 Å². The molecule has 0 aliphatic heterocycles. The van der Waals surface area contributed by atoms with E-state index in [1.54, 1.807) is 24.3 Å². The number of rotatable bonds is 3. The second-order valence-electron chi connectivity index (χ2n) is 4.22. The summed E-state index contributed by atoms with van der Waals surface area (Å²) in [6.45, 7) is 2.44. The molecule has 2 N–H and O–H groups in total. The second kappa shape index (κ2) is 5.36. The zero-order chi connectivity index (χ0) is 13.0. The summed E-state index contributed by atoms with van der Waals surface area (Å²) in [6, 6.07) is 14.2. The Balaban J connectivity index is 1.96. The maximum atomic E-state index is 11.8. The number of carbonyl (C=O) groups is 1. The maximum absolute atomic E-state index is 11.8. The number of carbonyl (C=O) groups excluding carboxylic acids is 1. The molecule has 0 heterocycles. The minimum Gasteiger partial charge on any atom is -0.508 e. The van der Waals surface area contributed by atoms with Crippen LogP contribution in [0.3, 0.4) is 0 Å². The molecule has 0 aromatic heterocycles. The topological polar surface area (TPSA) is 49.3 Å². The van der Waals surface area contributed by atoms with Crippen molar-refractivity contribution in [3.63, 3.8) is 0 Å². The lowest BCUT2D eigenvalue weighted by atomic mass is 10.1. The summed E-state index contributed by atoms with van der Waals surface area (Å²) < 4.78 is 0. The number of aryl methyl sites for hydroxylation is 1. The highest BCUT2D eigenvalue weighted by Gasteiger charge is 2.04. The highest BCUT2D eigenvalue weighted by molar-refractivity contribution is 5.94. The number of amides is 1. The normalized spacial score (nSPS) is 10.1. The molecule has 0 saturated carbocycles. The van der Waals surface area contributed by atoms with Crippen LogP contribution in [0.4, 0.5) is 0 Å². The molecule has 18 heavy (non-hydrogen) atoms. The van der Waals surface area contributed by atoms with Crippen LogP contribution in [0.5, 0.6) is 5.75 Å². The van der Waals surface area contributed by atoms with E-state index in [2.05, 4.69) is 5.32 Å². The van der Waals surface area contributed by atoms with Crippen molar-refractivity contribution in [3.05, 3.63) is 65.2 Å². The molecule has 2 aromatic carbocycles. The predicted molar refractivity (Wildman–Crippen MR) is 70.5 cm³/mol. The molecule has 1 amide bonds. The van der Waals surface area contributed by atoms with Gasteiger partial charge in [-0.15, -0.1) is 0 Å². The van der Waals surface area contributed by atoms with Crippen molar-refractivity contribution in [1.82, 2.24) is 5.32 Å². The van der Waals surface area contributed by atoms with Gasteiger partial charge < -0.3 is 10.4 Å². The van der Waals surface area contributed by atoms with Gasteiger partial charge in [0.05, 0.1) is 0 Å². The van der Waals surface area contributed by atoms with Crippen LogP contribution in [0.15, 0.2) is 48.5 Å². The van der Waals surface area contributed by atoms with Crippen molar-refractivity contribution in [2.24, 2.45) is 0 Å². The van der Waals surface area contributed by atoms with Crippen LogP contribution < -0.4 is 5.32 Å². The molecule has 0 atom stereocenters. The summed E-state index contributed by atoms with van der Waals surface area (Å²) in [5, 5.41) is 12.0. The Kier molecular flexibility index (Phi) is 3.63. The largest absolute Gasteiger partial charge is 0.508 e. The van der Waals surface area contributed by atoms with Gasteiger partial charge in [-0.3, -0.25) is 4.79 Å². The van der Waals surface area contributed by atoms with Gasteiger partial charge in [0.2, 0.25) is 0 Å². The van der Waals surface area contributed by atoms with Crippen molar-refractivity contribution in [2.75, 3.05) is 0 Å². The number of aromatic hydroxyl groups is 1. The molecule has 0 radical (unpaired) electrons. The Morgan fingerprint density at radius 2 is 1.67 bits per heavy atom. The molecule has 0 spiro atoms. The van der Waals surface area contributed by atoms with Crippen LogP contribution in [-0.4, -0.2) is 11.0 Å². The van der Waals surface area contributed by atoms with Gasteiger partial charge in [0, 0.05) is 12.1 Å². The molecule has 2 aromatic rings. The average Bonchev–Trinajstić information content (AvgIpc) is 2.38. The van der Waals surface area contributed by atoms with E-state index in [0.29, 0.717) is 12.1 Å². The lowest BCUT2D eigenvalue weighted by Gasteiger charge is -2.05. The van der Waals surface area contributed by atoms with Crippen LogP contribution in [-0.2, 0) is 6.54 Å². The van der Waals surface area contributed by atoms with Crippen LogP contribution in [0, 0.1) is 6.92 Å². The smallest absolute Gasteiger partial charge is 0.251 e. The first-order valence-electron chi connectivity index (χ1n) is 5.78. The first-order chi connectivity index (χ1) is 8.65. The molecule has 0 unspecified atom stereocenters. The van der Waals surface area contributed by atoms with E-state index in [-0.39, 0.29) is 11.7 Å². The van der Waals surface area contributed by atoms with Gasteiger partial charge >= 0.3 is 0 Å². The lowest BCUT2D eigenvalue weighted by Crippen LogP contribution is -2.22.